The molecule has 0 aromatic heterocycles. The topological polar surface area (TPSA) is 83.9 Å². The Kier molecular flexibility index (Phi) is 5.31. The number of nitrogens with zero attached hydrogens (tertiary/aromatic N) is 1. The summed E-state index contributed by atoms with van der Waals surface area (Å²) in [5, 5.41) is 8.62. The molecule has 0 bridgehead atoms. The van der Waals surface area contributed by atoms with E-state index in [1.54, 1.807) is 30.3 Å². The number of benzene rings is 2. The van der Waals surface area contributed by atoms with E-state index in [0.29, 0.717) is 42.9 Å². The number of hydrogen-bond acceptors (Lipinski definition) is 4. The Morgan fingerprint density at radius 2 is 1.69 bits per heavy atom. The van der Waals surface area contributed by atoms with Crippen LogP contribution in [0.1, 0.15) is 39.1 Å². The highest BCUT2D eigenvalue weighted by Gasteiger charge is 2.34. The van der Waals surface area contributed by atoms with Gasteiger partial charge in [-0.2, -0.15) is 0 Å². The van der Waals surface area contributed by atoms with Gasteiger partial charge >= 0.3 is 5.97 Å². The highest BCUT2D eigenvalue weighted by Crippen LogP contribution is 2.23. The maximum absolute atomic E-state index is 12.4. The van der Waals surface area contributed by atoms with E-state index < -0.39 is 5.97 Å². The van der Waals surface area contributed by atoms with Gasteiger partial charge in [-0.1, -0.05) is 24.3 Å². The zero-order chi connectivity index (χ0) is 18.5. The second kappa shape index (κ2) is 7.82. The molecule has 26 heavy (non-hydrogen) atoms. The van der Waals surface area contributed by atoms with Crippen molar-refractivity contribution in [2.24, 2.45) is 0 Å². The van der Waals surface area contributed by atoms with Crippen LogP contribution in [0.3, 0.4) is 0 Å². The first-order valence-corrected chi connectivity index (χ1v) is 8.45. The lowest BCUT2D eigenvalue weighted by Crippen LogP contribution is -2.31. The van der Waals surface area contributed by atoms with Crippen LogP contribution in [0.15, 0.2) is 48.5 Å². The van der Waals surface area contributed by atoms with Gasteiger partial charge in [-0.3, -0.25) is 19.3 Å². The van der Waals surface area contributed by atoms with Crippen LogP contribution in [-0.2, 0) is 11.2 Å². The average Bonchev–Trinajstić information content (AvgIpc) is 2.88. The number of ether oxygens (including phenoxy) is 1. The van der Waals surface area contributed by atoms with Crippen LogP contribution in [0.5, 0.6) is 5.75 Å². The first kappa shape index (κ1) is 17.7. The van der Waals surface area contributed by atoms with Crippen molar-refractivity contribution in [3.8, 4) is 5.75 Å². The van der Waals surface area contributed by atoms with Crippen molar-refractivity contribution in [2.45, 2.75) is 19.3 Å². The molecule has 0 saturated heterocycles. The molecule has 0 radical (unpaired) electrons. The van der Waals surface area contributed by atoms with Crippen molar-refractivity contribution in [1.29, 1.82) is 0 Å². The Morgan fingerprint density at radius 1 is 1.00 bits per heavy atom. The molecule has 1 heterocycles. The van der Waals surface area contributed by atoms with Crippen LogP contribution in [0.2, 0.25) is 0 Å². The van der Waals surface area contributed by atoms with E-state index in [9.17, 15) is 14.4 Å². The molecule has 3 rings (SSSR count). The molecule has 6 heteroatoms. The quantitative estimate of drug-likeness (QED) is 0.583. The Hall–Kier alpha value is -3.15. The molecule has 2 amide bonds. The largest absolute Gasteiger partial charge is 0.494 e. The van der Waals surface area contributed by atoms with Gasteiger partial charge in [-0.05, 0) is 42.7 Å². The van der Waals surface area contributed by atoms with Crippen LogP contribution in [-0.4, -0.2) is 40.9 Å². The van der Waals surface area contributed by atoms with E-state index in [0.717, 1.165) is 5.56 Å². The number of carboxylic acid groups (broad SMARTS) is 1. The number of carboxylic acids is 1. The molecule has 6 nitrogen and oxygen atoms in total. The van der Waals surface area contributed by atoms with Crippen molar-refractivity contribution in [2.75, 3.05) is 13.2 Å². The number of rotatable bonds is 8. The third-order valence-electron chi connectivity index (χ3n) is 4.20. The van der Waals surface area contributed by atoms with Crippen molar-refractivity contribution in [1.82, 2.24) is 4.90 Å². The average molecular weight is 353 g/mol. The molecule has 0 atom stereocenters. The molecule has 2 aromatic rings. The number of carbonyl (C=O) groups is 3. The SMILES string of the molecule is O=C(O)CCCOc1cccc(CCN2C(=O)c3ccccc3C2=O)c1. The summed E-state index contributed by atoms with van der Waals surface area (Å²) in [6, 6.07) is 14.2. The Balaban J connectivity index is 1.57. The van der Waals surface area contributed by atoms with Gasteiger partial charge in [0.1, 0.15) is 5.75 Å². The lowest BCUT2D eigenvalue weighted by Gasteiger charge is -2.14. The minimum absolute atomic E-state index is 0.0689. The van der Waals surface area contributed by atoms with Gasteiger partial charge in [0.25, 0.3) is 11.8 Å². The normalized spacial score (nSPS) is 13.0. The molecule has 2 aromatic carbocycles. The fourth-order valence-corrected chi connectivity index (χ4v) is 2.89. The lowest BCUT2D eigenvalue weighted by atomic mass is 10.1. The molecular formula is C20H19NO5. The molecule has 0 fully saturated rings. The summed E-state index contributed by atoms with van der Waals surface area (Å²) in [7, 11) is 0. The van der Waals surface area contributed by atoms with Crippen molar-refractivity contribution < 1.29 is 24.2 Å². The van der Waals surface area contributed by atoms with Gasteiger partial charge < -0.3 is 9.84 Å². The molecule has 1 N–H and O–H groups in total. The van der Waals surface area contributed by atoms with Crippen molar-refractivity contribution in [3.63, 3.8) is 0 Å². The van der Waals surface area contributed by atoms with E-state index in [1.807, 2.05) is 18.2 Å². The van der Waals surface area contributed by atoms with Gasteiger partial charge in [0, 0.05) is 13.0 Å². The number of hydrogen-bond donors (Lipinski definition) is 1. The Labute approximate surface area is 151 Å². The number of amides is 2. The Morgan fingerprint density at radius 3 is 2.35 bits per heavy atom. The second-order valence-electron chi connectivity index (χ2n) is 6.05. The van der Waals surface area contributed by atoms with Gasteiger partial charge in [-0.25, -0.2) is 0 Å². The monoisotopic (exact) mass is 353 g/mol. The first-order chi connectivity index (χ1) is 12.6. The fourth-order valence-electron chi connectivity index (χ4n) is 2.89. The molecule has 0 unspecified atom stereocenters. The number of aliphatic carboxylic acids is 1. The number of imide groups is 1. The standard InChI is InChI=1S/C20H19NO5/c22-18(23)9-4-12-26-15-6-3-5-14(13-15)10-11-21-19(24)16-7-1-2-8-17(16)20(21)25/h1-3,5-8,13H,4,9-12H2,(H,22,23). The van der Waals surface area contributed by atoms with Gasteiger partial charge in [0.2, 0.25) is 0 Å². The maximum Gasteiger partial charge on any atom is 0.303 e. The van der Waals surface area contributed by atoms with Crippen molar-refractivity contribution >= 4 is 17.8 Å². The summed E-state index contributed by atoms with van der Waals surface area (Å²) in [5.74, 6) is -0.711. The predicted molar refractivity (Wildman–Crippen MR) is 94.3 cm³/mol. The highest BCUT2D eigenvalue weighted by atomic mass is 16.5. The van der Waals surface area contributed by atoms with Crippen LogP contribution < -0.4 is 4.74 Å². The molecule has 134 valence electrons. The second-order valence-corrected chi connectivity index (χ2v) is 6.05. The summed E-state index contributed by atoms with van der Waals surface area (Å²) in [6.07, 6.45) is 1.03. The molecule has 1 aliphatic rings. The van der Waals surface area contributed by atoms with Gasteiger partial charge in [-0.15, -0.1) is 0 Å². The predicted octanol–water partition coefficient (Wildman–Crippen LogP) is 2.77. The molecule has 1 aliphatic heterocycles. The van der Waals surface area contributed by atoms with E-state index in [1.165, 1.54) is 4.90 Å². The van der Waals surface area contributed by atoms with E-state index in [-0.39, 0.29) is 18.2 Å². The molecule has 0 aliphatic carbocycles. The smallest absolute Gasteiger partial charge is 0.303 e. The van der Waals surface area contributed by atoms with Crippen LogP contribution in [0.25, 0.3) is 0 Å². The van der Waals surface area contributed by atoms with Crippen LogP contribution in [0.4, 0.5) is 0 Å². The van der Waals surface area contributed by atoms with E-state index in [4.69, 9.17) is 9.84 Å². The minimum Gasteiger partial charge on any atom is -0.494 e. The Bertz CT molecular complexity index is 811. The summed E-state index contributed by atoms with van der Waals surface area (Å²) < 4.78 is 5.55. The van der Waals surface area contributed by atoms with Crippen LogP contribution >= 0.6 is 0 Å². The molecule has 0 spiro atoms. The third kappa shape index (κ3) is 3.91. The third-order valence-corrected chi connectivity index (χ3v) is 4.20. The highest BCUT2D eigenvalue weighted by molar-refractivity contribution is 6.21. The zero-order valence-corrected chi connectivity index (χ0v) is 14.2. The summed E-state index contributed by atoms with van der Waals surface area (Å²) >= 11 is 0. The first-order valence-electron chi connectivity index (χ1n) is 8.45. The van der Waals surface area contributed by atoms with E-state index >= 15 is 0 Å². The maximum atomic E-state index is 12.4. The van der Waals surface area contributed by atoms with Crippen LogP contribution in [0, 0.1) is 0 Å². The van der Waals surface area contributed by atoms with Gasteiger partial charge in [0.05, 0.1) is 17.7 Å². The van der Waals surface area contributed by atoms with Gasteiger partial charge in [0.15, 0.2) is 0 Å². The lowest BCUT2D eigenvalue weighted by molar-refractivity contribution is -0.137. The summed E-state index contributed by atoms with van der Waals surface area (Å²) in [6.45, 7) is 0.628. The summed E-state index contributed by atoms with van der Waals surface area (Å²) in [4.78, 5) is 36.5. The molecular weight excluding hydrogens is 334 g/mol. The van der Waals surface area contributed by atoms with Crippen molar-refractivity contribution in [3.05, 3.63) is 65.2 Å². The number of fused-ring (bicyclic) bond motifs is 1. The summed E-state index contributed by atoms with van der Waals surface area (Å²) in [5.41, 5.74) is 1.85. The van der Waals surface area contributed by atoms with E-state index in [2.05, 4.69) is 0 Å². The minimum atomic E-state index is -0.844. The molecule has 0 saturated carbocycles. The fraction of sp³-hybridized carbons (Fsp3) is 0.250. The number of carbonyl (C=O) groups excluding carboxylic acids is 2. The zero-order valence-electron chi connectivity index (χ0n) is 14.2.